The third-order valence-electron chi connectivity index (χ3n) is 3.85. The Kier molecular flexibility index (Phi) is 6.51. The van der Waals surface area contributed by atoms with E-state index in [1.54, 1.807) is 6.92 Å². The molecule has 2 rings (SSSR count). The monoisotopic (exact) mass is 325 g/mol. The summed E-state index contributed by atoms with van der Waals surface area (Å²) in [6.07, 6.45) is 0.216. The van der Waals surface area contributed by atoms with Crippen molar-refractivity contribution in [1.29, 1.82) is 0 Å². The average Bonchev–Trinajstić information content (AvgIpc) is 2.62. The minimum absolute atomic E-state index is 0.137. The maximum absolute atomic E-state index is 12.2. The van der Waals surface area contributed by atoms with Crippen molar-refractivity contribution in [2.45, 2.75) is 19.4 Å². The summed E-state index contributed by atoms with van der Waals surface area (Å²) >= 11 is 0. The van der Waals surface area contributed by atoms with Gasteiger partial charge in [0, 0.05) is 24.7 Å². The molecule has 0 aliphatic carbocycles. The molecule has 24 heavy (non-hydrogen) atoms. The van der Waals surface area contributed by atoms with E-state index in [-0.39, 0.29) is 36.7 Å². The Morgan fingerprint density at radius 3 is 2.21 bits per heavy atom. The van der Waals surface area contributed by atoms with Crippen LogP contribution in [0.25, 0.3) is 0 Å². The van der Waals surface area contributed by atoms with E-state index < -0.39 is 0 Å². The molecule has 4 N–H and O–H groups in total. The van der Waals surface area contributed by atoms with Crippen LogP contribution in [0, 0.1) is 5.92 Å². The molecule has 126 valence electrons. The SMILES string of the molecule is CC(C(=O)NCCC(=O)Nc1ccccc1)C(N)c1ccccc1. The Labute approximate surface area is 142 Å². The Bertz CT molecular complexity index is 659. The molecule has 5 heteroatoms. The van der Waals surface area contributed by atoms with Crippen molar-refractivity contribution in [3.8, 4) is 0 Å². The van der Waals surface area contributed by atoms with Crippen LogP contribution in [0.1, 0.15) is 24.9 Å². The molecule has 5 nitrogen and oxygen atoms in total. The number of carbonyl (C=O) groups excluding carboxylic acids is 2. The Hall–Kier alpha value is -2.66. The summed E-state index contributed by atoms with van der Waals surface area (Å²) in [6.45, 7) is 2.07. The van der Waals surface area contributed by atoms with Crippen LogP contribution in [0.5, 0.6) is 0 Å². The highest BCUT2D eigenvalue weighted by atomic mass is 16.2. The number of nitrogens with two attached hydrogens (primary N) is 1. The van der Waals surface area contributed by atoms with Gasteiger partial charge in [0.15, 0.2) is 0 Å². The van der Waals surface area contributed by atoms with Crippen LogP contribution in [0.2, 0.25) is 0 Å². The van der Waals surface area contributed by atoms with E-state index in [0.717, 1.165) is 11.3 Å². The van der Waals surface area contributed by atoms with Gasteiger partial charge >= 0.3 is 0 Å². The second kappa shape index (κ2) is 8.84. The minimum Gasteiger partial charge on any atom is -0.355 e. The van der Waals surface area contributed by atoms with Crippen molar-refractivity contribution in [3.05, 3.63) is 66.2 Å². The lowest BCUT2D eigenvalue weighted by Gasteiger charge is -2.19. The molecule has 0 aromatic heterocycles. The summed E-state index contributed by atoms with van der Waals surface area (Å²) in [5.74, 6) is -0.662. The summed E-state index contributed by atoms with van der Waals surface area (Å²) in [5.41, 5.74) is 7.80. The first-order chi connectivity index (χ1) is 11.6. The number of rotatable bonds is 7. The van der Waals surface area contributed by atoms with E-state index in [1.807, 2.05) is 60.7 Å². The van der Waals surface area contributed by atoms with Crippen molar-refractivity contribution >= 4 is 17.5 Å². The number of hydrogen-bond acceptors (Lipinski definition) is 3. The van der Waals surface area contributed by atoms with Crippen LogP contribution < -0.4 is 16.4 Å². The molecule has 0 spiro atoms. The third-order valence-corrected chi connectivity index (χ3v) is 3.85. The van der Waals surface area contributed by atoms with Gasteiger partial charge in [-0.1, -0.05) is 55.5 Å². The number of carbonyl (C=O) groups is 2. The minimum atomic E-state index is -0.371. The van der Waals surface area contributed by atoms with Crippen LogP contribution in [-0.4, -0.2) is 18.4 Å². The van der Waals surface area contributed by atoms with E-state index in [4.69, 9.17) is 5.73 Å². The molecular weight excluding hydrogens is 302 g/mol. The number of para-hydroxylation sites is 1. The summed E-state index contributed by atoms with van der Waals surface area (Å²) in [7, 11) is 0. The van der Waals surface area contributed by atoms with Crippen LogP contribution in [-0.2, 0) is 9.59 Å². The predicted molar refractivity (Wildman–Crippen MR) is 95.2 cm³/mol. The van der Waals surface area contributed by atoms with Gasteiger partial charge in [-0.25, -0.2) is 0 Å². The summed E-state index contributed by atoms with van der Waals surface area (Å²) in [6, 6.07) is 18.4. The molecule has 0 heterocycles. The van der Waals surface area contributed by atoms with E-state index in [9.17, 15) is 9.59 Å². The fourth-order valence-electron chi connectivity index (χ4n) is 2.33. The lowest BCUT2D eigenvalue weighted by Crippen LogP contribution is -2.36. The van der Waals surface area contributed by atoms with Gasteiger partial charge in [-0.15, -0.1) is 0 Å². The Balaban J connectivity index is 1.75. The van der Waals surface area contributed by atoms with Gasteiger partial charge < -0.3 is 16.4 Å². The fraction of sp³-hybridized carbons (Fsp3) is 0.263. The largest absolute Gasteiger partial charge is 0.355 e. The second-order valence-corrected chi connectivity index (χ2v) is 5.68. The molecule has 0 bridgehead atoms. The summed E-state index contributed by atoms with van der Waals surface area (Å²) in [4.78, 5) is 24.0. The number of nitrogens with one attached hydrogen (secondary N) is 2. The van der Waals surface area contributed by atoms with Crippen molar-refractivity contribution < 1.29 is 9.59 Å². The molecule has 0 saturated carbocycles. The lowest BCUT2D eigenvalue weighted by atomic mass is 9.95. The molecule has 0 aliphatic heterocycles. The molecule has 0 aliphatic rings. The highest BCUT2D eigenvalue weighted by molar-refractivity contribution is 5.91. The standard InChI is InChI=1S/C19H23N3O2/c1-14(18(20)15-8-4-2-5-9-15)19(24)21-13-12-17(23)22-16-10-6-3-7-11-16/h2-11,14,18H,12-13,20H2,1H3,(H,21,24)(H,22,23). The van der Waals surface area contributed by atoms with Gasteiger partial charge in [-0.2, -0.15) is 0 Å². The van der Waals surface area contributed by atoms with Gasteiger partial charge in [-0.05, 0) is 17.7 Å². The van der Waals surface area contributed by atoms with Crippen LogP contribution in [0.3, 0.4) is 0 Å². The Morgan fingerprint density at radius 2 is 1.58 bits per heavy atom. The topological polar surface area (TPSA) is 84.2 Å². The quantitative estimate of drug-likeness (QED) is 0.731. The second-order valence-electron chi connectivity index (χ2n) is 5.68. The molecule has 2 unspecified atom stereocenters. The van der Waals surface area contributed by atoms with Crippen LogP contribution in [0.15, 0.2) is 60.7 Å². The zero-order chi connectivity index (χ0) is 17.4. The molecule has 0 radical (unpaired) electrons. The molecular formula is C19H23N3O2. The van der Waals surface area contributed by atoms with Gasteiger partial charge in [0.1, 0.15) is 0 Å². The predicted octanol–water partition coefficient (Wildman–Crippen LogP) is 2.47. The maximum Gasteiger partial charge on any atom is 0.226 e. The van der Waals surface area contributed by atoms with Gasteiger partial charge in [0.25, 0.3) is 0 Å². The van der Waals surface area contributed by atoms with E-state index in [0.29, 0.717) is 0 Å². The van der Waals surface area contributed by atoms with Crippen molar-refractivity contribution in [1.82, 2.24) is 5.32 Å². The number of benzene rings is 2. The highest BCUT2D eigenvalue weighted by Crippen LogP contribution is 2.18. The first-order valence-electron chi connectivity index (χ1n) is 8.01. The zero-order valence-electron chi connectivity index (χ0n) is 13.7. The third kappa shape index (κ3) is 5.21. The van der Waals surface area contributed by atoms with Gasteiger partial charge in [-0.3, -0.25) is 9.59 Å². The maximum atomic E-state index is 12.2. The molecule has 2 atom stereocenters. The van der Waals surface area contributed by atoms with Crippen LogP contribution >= 0.6 is 0 Å². The normalized spacial score (nSPS) is 12.9. The number of hydrogen-bond donors (Lipinski definition) is 3. The first kappa shape index (κ1) is 17.7. The average molecular weight is 325 g/mol. The zero-order valence-corrected chi connectivity index (χ0v) is 13.7. The van der Waals surface area contributed by atoms with Gasteiger partial charge in [0.2, 0.25) is 11.8 Å². The molecule has 2 amide bonds. The smallest absolute Gasteiger partial charge is 0.226 e. The van der Waals surface area contributed by atoms with Crippen molar-refractivity contribution in [2.24, 2.45) is 11.7 Å². The number of anilines is 1. The molecule has 0 fully saturated rings. The van der Waals surface area contributed by atoms with E-state index >= 15 is 0 Å². The summed E-state index contributed by atoms with van der Waals surface area (Å²) < 4.78 is 0. The van der Waals surface area contributed by atoms with Crippen molar-refractivity contribution in [3.63, 3.8) is 0 Å². The van der Waals surface area contributed by atoms with Crippen LogP contribution in [0.4, 0.5) is 5.69 Å². The first-order valence-corrected chi connectivity index (χ1v) is 8.01. The lowest BCUT2D eigenvalue weighted by molar-refractivity contribution is -0.125. The van der Waals surface area contributed by atoms with Gasteiger partial charge in [0.05, 0.1) is 5.92 Å². The van der Waals surface area contributed by atoms with E-state index in [1.165, 1.54) is 0 Å². The highest BCUT2D eigenvalue weighted by Gasteiger charge is 2.21. The molecule has 2 aromatic carbocycles. The fourth-order valence-corrected chi connectivity index (χ4v) is 2.33. The molecule has 2 aromatic rings. The Morgan fingerprint density at radius 1 is 1.00 bits per heavy atom. The van der Waals surface area contributed by atoms with E-state index in [2.05, 4.69) is 10.6 Å². The molecule has 0 saturated heterocycles. The number of amides is 2. The van der Waals surface area contributed by atoms with Crippen molar-refractivity contribution in [2.75, 3.05) is 11.9 Å². The summed E-state index contributed by atoms with van der Waals surface area (Å²) in [5, 5.41) is 5.55.